The van der Waals surface area contributed by atoms with Gasteiger partial charge in [-0.3, -0.25) is 0 Å². The van der Waals surface area contributed by atoms with Crippen molar-refractivity contribution < 1.29 is 13.2 Å². The molecule has 0 aliphatic heterocycles. The van der Waals surface area contributed by atoms with E-state index < -0.39 is 12.7 Å². The first kappa shape index (κ1) is 11.8. The Morgan fingerprint density at radius 2 is 1.93 bits per heavy atom. The molecule has 1 saturated carbocycles. The second-order valence-electron chi connectivity index (χ2n) is 4.21. The molecule has 1 fully saturated rings. The molecule has 0 aromatic carbocycles. The highest BCUT2D eigenvalue weighted by molar-refractivity contribution is 4.86. The number of nitrogens with one attached hydrogen (secondary N) is 1. The first-order chi connectivity index (χ1) is 6.44. The van der Waals surface area contributed by atoms with Crippen LogP contribution < -0.4 is 5.32 Å². The van der Waals surface area contributed by atoms with Crippen LogP contribution >= 0.6 is 0 Å². The fourth-order valence-corrected chi connectivity index (χ4v) is 2.36. The molecule has 0 aromatic rings. The average Bonchev–Trinajstić information content (AvgIpc) is 2.42. The van der Waals surface area contributed by atoms with Gasteiger partial charge in [-0.25, -0.2) is 0 Å². The molecule has 0 bridgehead atoms. The summed E-state index contributed by atoms with van der Waals surface area (Å²) in [6, 6.07) is 0.0570. The highest BCUT2D eigenvalue weighted by atomic mass is 19.4. The molecule has 0 aromatic heterocycles. The third-order valence-corrected chi connectivity index (χ3v) is 3.32. The summed E-state index contributed by atoms with van der Waals surface area (Å²) in [4.78, 5) is 0. The van der Waals surface area contributed by atoms with E-state index >= 15 is 0 Å². The maximum atomic E-state index is 12.0. The molecule has 0 amide bonds. The van der Waals surface area contributed by atoms with Crippen molar-refractivity contribution in [1.82, 2.24) is 5.32 Å². The van der Waals surface area contributed by atoms with Crippen molar-refractivity contribution >= 4 is 0 Å². The molecule has 1 aliphatic carbocycles. The Balaban J connectivity index is 2.33. The molecule has 0 heterocycles. The van der Waals surface area contributed by atoms with Gasteiger partial charge < -0.3 is 5.32 Å². The molecule has 1 nitrogen and oxygen atoms in total. The van der Waals surface area contributed by atoms with E-state index in [1.807, 2.05) is 0 Å². The summed E-state index contributed by atoms with van der Waals surface area (Å²) in [7, 11) is 0. The Hall–Kier alpha value is -0.250. The highest BCUT2D eigenvalue weighted by Crippen LogP contribution is 2.34. The quantitative estimate of drug-likeness (QED) is 0.753. The van der Waals surface area contributed by atoms with Crippen molar-refractivity contribution in [1.29, 1.82) is 0 Å². The fraction of sp³-hybridized carbons (Fsp3) is 1.00. The first-order valence-electron chi connectivity index (χ1n) is 5.24. The number of hydrogen-bond acceptors (Lipinski definition) is 1. The molecule has 1 N–H and O–H groups in total. The highest BCUT2D eigenvalue weighted by Gasteiger charge is 2.34. The minimum atomic E-state index is -4.08. The third kappa shape index (κ3) is 3.15. The van der Waals surface area contributed by atoms with Crippen LogP contribution in [-0.4, -0.2) is 18.8 Å². The van der Waals surface area contributed by atoms with E-state index in [0.29, 0.717) is 11.8 Å². The van der Waals surface area contributed by atoms with Crippen molar-refractivity contribution in [2.75, 3.05) is 6.54 Å². The lowest BCUT2D eigenvalue weighted by Gasteiger charge is -2.21. The maximum absolute atomic E-state index is 12.0. The summed E-state index contributed by atoms with van der Waals surface area (Å²) in [5.74, 6) is 0.975. The second kappa shape index (κ2) is 4.51. The SMILES string of the molecule is CCC1CCC(NCC(F)(F)F)C1C. The van der Waals surface area contributed by atoms with Crippen LogP contribution in [0.1, 0.15) is 33.1 Å². The standard InChI is InChI=1S/C10H18F3N/c1-3-8-4-5-9(7(8)2)14-6-10(11,12)13/h7-9,14H,3-6H2,1-2H3. The zero-order chi connectivity index (χ0) is 10.8. The van der Waals surface area contributed by atoms with Gasteiger partial charge in [-0.1, -0.05) is 20.3 Å². The third-order valence-electron chi connectivity index (χ3n) is 3.32. The number of halogens is 3. The van der Waals surface area contributed by atoms with E-state index in [4.69, 9.17) is 0 Å². The average molecular weight is 209 g/mol. The summed E-state index contributed by atoms with van der Waals surface area (Å²) in [5, 5.41) is 2.61. The summed E-state index contributed by atoms with van der Waals surface area (Å²) in [5.41, 5.74) is 0. The number of hydrogen-bond donors (Lipinski definition) is 1. The molecule has 1 rings (SSSR count). The van der Waals surface area contributed by atoms with Crippen LogP contribution in [0.4, 0.5) is 13.2 Å². The molecule has 84 valence electrons. The molecule has 14 heavy (non-hydrogen) atoms. The van der Waals surface area contributed by atoms with Crippen molar-refractivity contribution in [3.8, 4) is 0 Å². The van der Waals surface area contributed by atoms with E-state index in [2.05, 4.69) is 19.2 Å². The normalized spacial score (nSPS) is 33.6. The topological polar surface area (TPSA) is 12.0 Å². The predicted octanol–water partition coefficient (Wildman–Crippen LogP) is 2.96. The van der Waals surface area contributed by atoms with E-state index in [9.17, 15) is 13.2 Å². The zero-order valence-corrected chi connectivity index (χ0v) is 8.69. The molecule has 0 radical (unpaired) electrons. The van der Waals surface area contributed by atoms with Crippen LogP contribution in [0.3, 0.4) is 0 Å². The van der Waals surface area contributed by atoms with Crippen molar-refractivity contribution in [3.63, 3.8) is 0 Å². The molecular formula is C10H18F3N. The van der Waals surface area contributed by atoms with Gasteiger partial charge in [-0.15, -0.1) is 0 Å². The lowest BCUT2D eigenvalue weighted by Crippen LogP contribution is -2.39. The summed E-state index contributed by atoms with van der Waals surface area (Å²) in [6.45, 7) is 3.31. The summed E-state index contributed by atoms with van der Waals surface area (Å²) in [6.07, 6.45) is -1.06. The molecule has 1 aliphatic rings. The van der Waals surface area contributed by atoms with Crippen LogP contribution in [-0.2, 0) is 0 Å². The van der Waals surface area contributed by atoms with Gasteiger partial charge in [0.25, 0.3) is 0 Å². The summed E-state index contributed by atoms with van der Waals surface area (Å²) < 4.78 is 35.9. The minimum absolute atomic E-state index is 0.0570. The lowest BCUT2D eigenvalue weighted by molar-refractivity contribution is -0.126. The van der Waals surface area contributed by atoms with Gasteiger partial charge in [0.1, 0.15) is 0 Å². The minimum Gasteiger partial charge on any atom is -0.306 e. The van der Waals surface area contributed by atoms with Gasteiger partial charge in [0.2, 0.25) is 0 Å². The maximum Gasteiger partial charge on any atom is 0.401 e. The zero-order valence-electron chi connectivity index (χ0n) is 8.69. The smallest absolute Gasteiger partial charge is 0.306 e. The molecule has 0 spiro atoms. The van der Waals surface area contributed by atoms with Crippen molar-refractivity contribution in [2.24, 2.45) is 11.8 Å². The molecule has 4 heteroatoms. The Bertz CT molecular complexity index is 179. The van der Waals surface area contributed by atoms with Crippen LogP contribution in [0.25, 0.3) is 0 Å². The molecule has 3 atom stereocenters. The van der Waals surface area contributed by atoms with E-state index in [0.717, 1.165) is 19.3 Å². The van der Waals surface area contributed by atoms with Gasteiger partial charge in [0, 0.05) is 6.04 Å². The monoisotopic (exact) mass is 209 g/mol. The summed E-state index contributed by atoms with van der Waals surface area (Å²) >= 11 is 0. The van der Waals surface area contributed by atoms with E-state index in [1.54, 1.807) is 0 Å². The van der Waals surface area contributed by atoms with Crippen LogP contribution in [0.2, 0.25) is 0 Å². The Kier molecular flexibility index (Phi) is 3.81. The Morgan fingerprint density at radius 3 is 2.36 bits per heavy atom. The molecule has 3 unspecified atom stereocenters. The first-order valence-corrected chi connectivity index (χ1v) is 5.24. The van der Waals surface area contributed by atoms with Gasteiger partial charge in [0.15, 0.2) is 0 Å². The van der Waals surface area contributed by atoms with Crippen LogP contribution in [0, 0.1) is 11.8 Å². The largest absolute Gasteiger partial charge is 0.401 e. The fourth-order valence-electron chi connectivity index (χ4n) is 2.36. The lowest BCUT2D eigenvalue weighted by atomic mass is 9.93. The Labute approximate surface area is 83.1 Å². The molecular weight excluding hydrogens is 191 g/mol. The van der Waals surface area contributed by atoms with E-state index in [-0.39, 0.29) is 6.04 Å². The van der Waals surface area contributed by atoms with Gasteiger partial charge in [-0.05, 0) is 24.7 Å². The van der Waals surface area contributed by atoms with Crippen LogP contribution in [0.15, 0.2) is 0 Å². The van der Waals surface area contributed by atoms with Crippen molar-refractivity contribution in [2.45, 2.75) is 45.3 Å². The predicted molar refractivity (Wildman–Crippen MR) is 50.0 cm³/mol. The number of rotatable bonds is 3. The van der Waals surface area contributed by atoms with Crippen LogP contribution in [0.5, 0.6) is 0 Å². The number of alkyl halides is 3. The Morgan fingerprint density at radius 1 is 1.29 bits per heavy atom. The second-order valence-corrected chi connectivity index (χ2v) is 4.21. The molecule has 0 saturated heterocycles. The van der Waals surface area contributed by atoms with Gasteiger partial charge >= 0.3 is 6.18 Å². The van der Waals surface area contributed by atoms with Crippen molar-refractivity contribution in [3.05, 3.63) is 0 Å². The van der Waals surface area contributed by atoms with Gasteiger partial charge in [-0.2, -0.15) is 13.2 Å². The van der Waals surface area contributed by atoms with E-state index in [1.165, 1.54) is 0 Å². The van der Waals surface area contributed by atoms with Gasteiger partial charge in [0.05, 0.1) is 6.54 Å².